The molecule has 0 saturated carbocycles. The van der Waals surface area contributed by atoms with E-state index in [0.717, 1.165) is 0 Å². The Balaban J connectivity index is 3.29. The van der Waals surface area contributed by atoms with Crippen molar-refractivity contribution in [2.45, 2.75) is 39.8 Å². The minimum absolute atomic E-state index is 0.0493. The molecular weight excluding hydrogens is 250 g/mol. The van der Waals surface area contributed by atoms with Crippen molar-refractivity contribution < 1.29 is 9.59 Å². The number of rotatable bonds is 4. The first-order chi connectivity index (χ1) is 8.40. The van der Waals surface area contributed by atoms with Crippen LogP contribution in [0.1, 0.15) is 48.4 Å². The first kappa shape index (κ1) is 14.7. The van der Waals surface area contributed by atoms with E-state index in [1.807, 2.05) is 27.7 Å². The Kier molecular flexibility index (Phi) is 4.91. The van der Waals surface area contributed by atoms with Gasteiger partial charge in [-0.15, -0.1) is 0 Å². The van der Waals surface area contributed by atoms with Crippen molar-refractivity contribution in [2.75, 3.05) is 0 Å². The van der Waals surface area contributed by atoms with Crippen molar-refractivity contribution in [3.63, 3.8) is 0 Å². The molecule has 0 radical (unpaired) electrons. The molecule has 0 atom stereocenters. The Labute approximate surface area is 113 Å². The van der Waals surface area contributed by atoms with Crippen LogP contribution < -0.4 is 0 Å². The van der Waals surface area contributed by atoms with Crippen LogP contribution in [0.15, 0.2) is 18.2 Å². The molecule has 0 saturated heterocycles. The quantitative estimate of drug-likeness (QED) is 0.784. The number of carbonyl (C=O) groups is 2. The highest BCUT2D eigenvalue weighted by atomic mass is 35.5. The third kappa shape index (κ3) is 2.91. The molecule has 1 amide bonds. The van der Waals surface area contributed by atoms with E-state index in [1.165, 1.54) is 0 Å². The summed E-state index contributed by atoms with van der Waals surface area (Å²) in [6.07, 6.45) is 0.665. The molecule has 0 spiro atoms. The smallest absolute Gasteiger partial charge is 0.256 e. The molecule has 1 aromatic carbocycles. The van der Waals surface area contributed by atoms with E-state index in [1.54, 1.807) is 23.1 Å². The lowest BCUT2D eigenvalue weighted by atomic mass is 10.1. The standard InChI is InChI=1S/C14H18ClNO2/c1-9(2)16(10(3)4)14(18)13-11(8-17)6-5-7-12(13)15/h5-10H,1-4H3. The van der Waals surface area contributed by atoms with E-state index in [-0.39, 0.29) is 23.6 Å². The molecule has 0 aromatic heterocycles. The average molecular weight is 268 g/mol. The molecule has 98 valence electrons. The first-order valence-corrected chi connectivity index (χ1v) is 6.34. The van der Waals surface area contributed by atoms with Gasteiger partial charge < -0.3 is 4.90 Å². The summed E-state index contributed by atoms with van der Waals surface area (Å²) in [4.78, 5) is 25.2. The number of nitrogens with zero attached hydrogens (tertiary/aromatic N) is 1. The summed E-state index contributed by atoms with van der Waals surface area (Å²) in [5.74, 6) is -0.201. The van der Waals surface area contributed by atoms with Crippen molar-refractivity contribution in [1.29, 1.82) is 0 Å². The van der Waals surface area contributed by atoms with Crippen LogP contribution in [0.4, 0.5) is 0 Å². The van der Waals surface area contributed by atoms with Gasteiger partial charge in [-0.25, -0.2) is 0 Å². The lowest BCUT2D eigenvalue weighted by molar-refractivity contribution is 0.0641. The van der Waals surface area contributed by atoms with Gasteiger partial charge in [-0.3, -0.25) is 9.59 Å². The molecule has 0 heterocycles. The second-order valence-corrected chi connectivity index (χ2v) is 5.13. The van der Waals surface area contributed by atoms with E-state index in [0.29, 0.717) is 16.9 Å². The minimum atomic E-state index is -0.201. The van der Waals surface area contributed by atoms with E-state index >= 15 is 0 Å². The average Bonchev–Trinajstić information content (AvgIpc) is 2.27. The Morgan fingerprint density at radius 1 is 1.22 bits per heavy atom. The Hall–Kier alpha value is -1.35. The maximum Gasteiger partial charge on any atom is 0.256 e. The number of hydrogen-bond acceptors (Lipinski definition) is 2. The maximum absolute atomic E-state index is 12.5. The van der Waals surface area contributed by atoms with Crippen molar-refractivity contribution in [1.82, 2.24) is 4.90 Å². The number of aldehydes is 1. The van der Waals surface area contributed by atoms with Gasteiger partial charge in [-0.2, -0.15) is 0 Å². The molecule has 0 bridgehead atoms. The van der Waals surface area contributed by atoms with E-state index < -0.39 is 0 Å². The molecule has 0 N–H and O–H groups in total. The molecule has 3 nitrogen and oxygen atoms in total. The summed E-state index contributed by atoms with van der Waals surface area (Å²) in [5, 5.41) is 0.316. The van der Waals surface area contributed by atoms with Crippen LogP contribution in [0.5, 0.6) is 0 Å². The number of hydrogen-bond donors (Lipinski definition) is 0. The van der Waals surface area contributed by atoms with Crippen molar-refractivity contribution in [3.05, 3.63) is 34.3 Å². The third-order valence-electron chi connectivity index (χ3n) is 2.73. The molecular formula is C14H18ClNO2. The fourth-order valence-corrected chi connectivity index (χ4v) is 2.32. The van der Waals surface area contributed by atoms with Crippen LogP contribution in [0.25, 0.3) is 0 Å². The van der Waals surface area contributed by atoms with Gasteiger partial charge in [0.25, 0.3) is 5.91 Å². The number of carbonyl (C=O) groups excluding carboxylic acids is 2. The summed E-state index contributed by atoms with van der Waals surface area (Å²) in [7, 11) is 0. The van der Waals surface area contributed by atoms with Crippen LogP contribution in [0, 0.1) is 0 Å². The van der Waals surface area contributed by atoms with E-state index in [4.69, 9.17) is 11.6 Å². The molecule has 18 heavy (non-hydrogen) atoms. The second-order valence-electron chi connectivity index (χ2n) is 4.72. The van der Waals surface area contributed by atoms with Gasteiger partial charge in [0.1, 0.15) is 0 Å². The highest BCUT2D eigenvalue weighted by molar-refractivity contribution is 6.34. The summed E-state index contributed by atoms with van der Waals surface area (Å²) in [6.45, 7) is 7.76. The van der Waals surface area contributed by atoms with Gasteiger partial charge in [0, 0.05) is 17.6 Å². The number of benzene rings is 1. The zero-order valence-electron chi connectivity index (χ0n) is 11.1. The predicted octanol–water partition coefficient (Wildman–Crippen LogP) is 3.41. The van der Waals surface area contributed by atoms with Gasteiger partial charge in [-0.1, -0.05) is 23.7 Å². The lowest BCUT2D eigenvalue weighted by Crippen LogP contribution is -2.42. The monoisotopic (exact) mass is 267 g/mol. The SMILES string of the molecule is CC(C)N(C(=O)c1c(Cl)cccc1C=O)C(C)C. The number of amides is 1. The van der Waals surface area contributed by atoms with Crippen molar-refractivity contribution in [3.8, 4) is 0 Å². The Morgan fingerprint density at radius 3 is 2.22 bits per heavy atom. The van der Waals surface area contributed by atoms with Crippen LogP contribution >= 0.6 is 11.6 Å². The maximum atomic E-state index is 12.5. The fourth-order valence-electron chi connectivity index (χ4n) is 2.06. The third-order valence-corrected chi connectivity index (χ3v) is 3.05. The van der Waals surface area contributed by atoms with Crippen LogP contribution in [0.2, 0.25) is 5.02 Å². The first-order valence-electron chi connectivity index (χ1n) is 5.96. The number of halogens is 1. The Bertz CT molecular complexity index is 447. The molecule has 0 aliphatic rings. The fraction of sp³-hybridized carbons (Fsp3) is 0.429. The van der Waals surface area contributed by atoms with Crippen molar-refractivity contribution >= 4 is 23.8 Å². The zero-order chi connectivity index (χ0) is 13.9. The van der Waals surface area contributed by atoms with Gasteiger partial charge in [0.05, 0.1) is 10.6 Å². The largest absolute Gasteiger partial charge is 0.334 e. The van der Waals surface area contributed by atoms with E-state index in [9.17, 15) is 9.59 Å². The summed E-state index contributed by atoms with van der Waals surface area (Å²) >= 11 is 6.05. The summed E-state index contributed by atoms with van der Waals surface area (Å²) in [6, 6.07) is 4.99. The molecule has 1 aromatic rings. The summed E-state index contributed by atoms with van der Waals surface area (Å²) in [5.41, 5.74) is 0.621. The Morgan fingerprint density at radius 2 is 1.78 bits per heavy atom. The van der Waals surface area contributed by atoms with Gasteiger partial charge in [0.15, 0.2) is 6.29 Å². The topological polar surface area (TPSA) is 37.4 Å². The van der Waals surface area contributed by atoms with Crippen molar-refractivity contribution in [2.24, 2.45) is 0 Å². The second kappa shape index (κ2) is 6.01. The highest BCUT2D eigenvalue weighted by Gasteiger charge is 2.25. The molecule has 4 heteroatoms. The van der Waals surface area contributed by atoms with Gasteiger partial charge in [0.2, 0.25) is 0 Å². The molecule has 0 aliphatic heterocycles. The minimum Gasteiger partial charge on any atom is -0.334 e. The molecule has 1 rings (SSSR count). The molecule has 0 unspecified atom stereocenters. The van der Waals surface area contributed by atoms with Crippen LogP contribution in [-0.2, 0) is 0 Å². The van der Waals surface area contributed by atoms with Gasteiger partial charge >= 0.3 is 0 Å². The zero-order valence-corrected chi connectivity index (χ0v) is 11.9. The van der Waals surface area contributed by atoms with Gasteiger partial charge in [-0.05, 0) is 33.8 Å². The van der Waals surface area contributed by atoms with Crippen LogP contribution in [-0.4, -0.2) is 29.2 Å². The highest BCUT2D eigenvalue weighted by Crippen LogP contribution is 2.23. The molecule has 0 aliphatic carbocycles. The summed E-state index contributed by atoms with van der Waals surface area (Å²) < 4.78 is 0. The lowest BCUT2D eigenvalue weighted by Gasteiger charge is -2.31. The van der Waals surface area contributed by atoms with E-state index in [2.05, 4.69) is 0 Å². The van der Waals surface area contributed by atoms with Crippen LogP contribution in [0.3, 0.4) is 0 Å². The molecule has 0 fully saturated rings. The normalized spacial score (nSPS) is 10.8. The predicted molar refractivity (Wildman–Crippen MR) is 73.3 cm³/mol.